The van der Waals surface area contributed by atoms with E-state index in [4.69, 9.17) is 33.3 Å². The van der Waals surface area contributed by atoms with Crippen molar-refractivity contribution in [2.24, 2.45) is 0 Å². The maximum Gasteiger partial charge on any atom is 0.335 e. The number of anilines is 1. The van der Waals surface area contributed by atoms with Crippen molar-refractivity contribution in [2.75, 3.05) is 11.4 Å². The molecule has 0 aliphatic carbocycles. The van der Waals surface area contributed by atoms with Crippen LogP contribution in [0.1, 0.15) is 21.6 Å². The number of fused-ring (bicyclic) bond motifs is 2. The molecule has 0 amide bonds. The molecule has 1 aliphatic heterocycles. The first kappa shape index (κ1) is 16.2. The number of aromatic carboxylic acids is 1. The van der Waals surface area contributed by atoms with Gasteiger partial charge in [-0.3, -0.25) is 4.98 Å². The Morgan fingerprint density at radius 2 is 1.88 bits per heavy atom. The Bertz CT molecular complexity index is 987. The van der Waals surface area contributed by atoms with Crippen molar-refractivity contribution in [3.05, 3.63) is 69.3 Å². The van der Waals surface area contributed by atoms with Crippen LogP contribution in [0.5, 0.6) is 0 Å². The number of carboxylic acids is 1. The molecular weight excluding hydrogens is 359 g/mol. The van der Waals surface area contributed by atoms with Gasteiger partial charge in [0.2, 0.25) is 0 Å². The number of aromatic nitrogens is 1. The van der Waals surface area contributed by atoms with E-state index in [-0.39, 0.29) is 5.56 Å². The third kappa shape index (κ3) is 2.92. The van der Waals surface area contributed by atoms with Gasteiger partial charge in [-0.15, -0.1) is 0 Å². The zero-order valence-corrected chi connectivity index (χ0v) is 14.7. The van der Waals surface area contributed by atoms with E-state index < -0.39 is 5.97 Å². The molecule has 0 saturated heterocycles. The van der Waals surface area contributed by atoms with E-state index in [2.05, 4.69) is 4.90 Å². The average Bonchev–Trinajstić information content (AvgIpc) is 2.61. The summed E-state index contributed by atoms with van der Waals surface area (Å²) < 4.78 is 0. The van der Waals surface area contributed by atoms with E-state index in [1.807, 2.05) is 30.3 Å². The Morgan fingerprint density at radius 3 is 2.60 bits per heavy atom. The SMILES string of the molecule is O=C(O)c1ccc(N2CCc3nc4cc(Cl)ccc4c(Cl)c3C2)cc1. The van der Waals surface area contributed by atoms with Gasteiger partial charge in [0.15, 0.2) is 0 Å². The number of carbonyl (C=O) groups is 1. The smallest absolute Gasteiger partial charge is 0.335 e. The third-order valence-corrected chi connectivity index (χ3v) is 5.18. The molecule has 0 fully saturated rings. The minimum absolute atomic E-state index is 0.281. The van der Waals surface area contributed by atoms with E-state index in [0.717, 1.165) is 40.8 Å². The van der Waals surface area contributed by atoms with Gasteiger partial charge in [-0.1, -0.05) is 23.2 Å². The van der Waals surface area contributed by atoms with Gasteiger partial charge >= 0.3 is 5.97 Å². The van der Waals surface area contributed by atoms with Crippen LogP contribution in [0.25, 0.3) is 10.9 Å². The van der Waals surface area contributed by atoms with Crippen LogP contribution in [0.2, 0.25) is 10.0 Å². The number of hydrogen-bond acceptors (Lipinski definition) is 3. The van der Waals surface area contributed by atoms with Crippen LogP contribution in [0.15, 0.2) is 42.5 Å². The van der Waals surface area contributed by atoms with Gasteiger partial charge in [0, 0.05) is 46.9 Å². The van der Waals surface area contributed by atoms with Crippen molar-refractivity contribution >= 4 is 45.8 Å². The normalized spacial score (nSPS) is 13.8. The van der Waals surface area contributed by atoms with Crippen molar-refractivity contribution in [2.45, 2.75) is 13.0 Å². The van der Waals surface area contributed by atoms with Crippen LogP contribution in [-0.2, 0) is 13.0 Å². The fraction of sp³-hybridized carbons (Fsp3) is 0.158. The summed E-state index contributed by atoms with van der Waals surface area (Å²) in [5.41, 5.74) is 4.09. The number of carboxylic acid groups (broad SMARTS) is 1. The van der Waals surface area contributed by atoms with Crippen molar-refractivity contribution < 1.29 is 9.90 Å². The number of nitrogens with zero attached hydrogens (tertiary/aromatic N) is 2. The van der Waals surface area contributed by atoms with Gasteiger partial charge < -0.3 is 10.0 Å². The van der Waals surface area contributed by atoms with E-state index >= 15 is 0 Å². The van der Waals surface area contributed by atoms with Crippen LogP contribution < -0.4 is 4.90 Å². The van der Waals surface area contributed by atoms with Crippen molar-refractivity contribution in [1.29, 1.82) is 0 Å². The summed E-state index contributed by atoms with van der Waals surface area (Å²) in [7, 11) is 0. The Labute approximate surface area is 154 Å². The summed E-state index contributed by atoms with van der Waals surface area (Å²) in [6.07, 6.45) is 0.776. The van der Waals surface area contributed by atoms with Gasteiger partial charge in [-0.25, -0.2) is 4.79 Å². The number of hydrogen-bond donors (Lipinski definition) is 1. The van der Waals surface area contributed by atoms with Crippen molar-refractivity contribution in [3.8, 4) is 0 Å². The second-order valence-electron chi connectivity index (χ2n) is 6.04. The van der Waals surface area contributed by atoms with Gasteiger partial charge in [0.05, 0.1) is 16.1 Å². The lowest BCUT2D eigenvalue weighted by Crippen LogP contribution is -2.31. The molecular formula is C19H14Cl2N2O2. The Hall–Kier alpha value is -2.30. The number of halogens is 2. The number of benzene rings is 2. The molecule has 0 unspecified atom stereocenters. The minimum atomic E-state index is -0.923. The molecule has 2 aromatic carbocycles. The number of pyridine rings is 1. The first-order valence-electron chi connectivity index (χ1n) is 7.88. The molecule has 2 heterocycles. The molecule has 0 spiro atoms. The average molecular weight is 373 g/mol. The van der Waals surface area contributed by atoms with Gasteiger partial charge in [-0.2, -0.15) is 0 Å². The maximum absolute atomic E-state index is 11.0. The summed E-state index contributed by atoms with van der Waals surface area (Å²) >= 11 is 12.7. The lowest BCUT2D eigenvalue weighted by Gasteiger charge is -2.31. The Morgan fingerprint density at radius 1 is 1.12 bits per heavy atom. The monoisotopic (exact) mass is 372 g/mol. The van der Waals surface area contributed by atoms with Crippen molar-refractivity contribution in [1.82, 2.24) is 4.98 Å². The van der Waals surface area contributed by atoms with Gasteiger partial charge in [-0.05, 0) is 42.5 Å². The lowest BCUT2D eigenvalue weighted by molar-refractivity contribution is 0.0697. The summed E-state index contributed by atoms with van der Waals surface area (Å²) in [5, 5.41) is 11.3. The zero-order chi connectivity index (χ0) is 17.6. The van der Waals surface area contributed by atoms with E-state index in [1.54, 1.807) is 12.1 Å². The first-order chi connectivity index (χ1) is 12.0. The van der Waals surface area contributed by atoms with E-state index in [9.17, 15) is 4.79 Å². The summed E-state index contributed by atoms with van der Waals surface area (Å²) in [5.74, 6) is -0.923. The molecule has 0 atom stereocenters. The maximum atomic E-state index is 11.0. The van der Waals surface area contributed by atoms with Gasteiger partial charge in [0.25, 0.3) is 0 Å². The molecule has 4 rings (SSSR count). The van der Waals surface area contributed by atoms with Crippen LogP contribution in [0.3, 0.4) is 0 Å². The molecule has 3 aromatic rings. The molecule has 25 heavy (non-hydrogen) atoms. The third-order valence-electron chi connectivity index (χ3n) is 4.51. The van der Waals surface area contributed by atoms with Gasteiger partial charge in [0.1, 0.15) is 0 Å². The molecule has 4 nitrogen and oxygen atoms in total. The fourth-order valence-corrected chi connectivity index (χ4v) is 3.69. The Balaban J connectivity index is 1.71. The van der Waals surface area contributed by atoms with Crippen LogP contribution in [0, 0.1) is 0 Å². The zero-order valence-electron chi connectivity index (χ0n) is 13.2. The van der Waals surface area contributed by atoms with E-state index in [1.165, 1.54) is 0 Å². The largest absolute Gasteiger partial charge is 0.478 e. The molecule has 1 N–H and O–H groups in total. The molecule has 1 aliphatic rings. The predicted octanol–water partition coefficient (Wildman–Crippen LogP) is 4.80. The molecule has 0 saturated carbocycles. The molecule has 0 radical (unpaired) electrons. The second-order valence-corrected chi connectivity index (χ2v) is 6.85. The second kappa shape index (κ2) is 6.21. The van der Waals surface area contributed by atoms with Crippen LogP contribution >= 0.6 is 23.2 Å². The lowest BCUT2D eigenvalue weighted by atomic mass is 10.0. The van der Waals surface area contributed by atoms with E-state index in [0.29, 0.717) is 16.6 Å². The quantitative estimate of drug-likeness (QED) is 0.701. The molecule has 6 heteroatoms. The molecule has 1 aromatic heterocycles. The molecule has 126 valence electrons. The minimum Gasteiger partial charge on any atom is -0.478 e. The highest BCUT2D eigenvalue weighted by Gasteiger charge is 2.22. The first-order valence-corrected chi connectivity index (χ1v) is 8.63. The summed E-state index contributed by atoms with van der Waals surface area (Å²) in [4.78, 5) is 17.9. The van der Waals surface area contributed by atoms with Crippen LogP contribution in [0.4, 0.5) is 5.69 Å². The van der Waals surface area contributed by atoms with Crippen LogP contribution in [-0.4, -0.2) is 22.6 Å². The fourth-order valence-electron chi connectivity index (χ4n) is 3.20. The standard InChI is InChI=1S/C19H14Cl2N2O2/c20-12-3-6-14-17(9-12)22-16-7-8-23(10-15(16)18(14)21)13-4-1-11(2-5-13)19(24)25/h1-6,9H,7-8,10H2,(H,24,25). The highest BCUT2D eigenvalue weighted by atomic mass is 35.5. The summed E-state index contributed by atoms with van der Waals surface area (Å²) in [6, 6.07) is 12.4. The predicted molar refractivity (Wildman–Crippen MR) is 99.9 cm³/mol. The highest BCUT2D eigenvalue weighted by molar-refractivity contribution is 6.37. The molecule has 0 bridgehead atoms. The topological polar surface area (TPSA) is 53.4 Å². The highest BCUT2D eigenvalue weighted by Crippen LogP contribution is 2.34. The Kier molecular flexibility index (Phi) is 4.02. The number of rotatable bonds is 2. The van der Waals surface area contributed by atoms with Crippen molar-refractivity contribution in [3.63, 3.8) is 0 Å². The summed E-state index contributed by atoms with van der Waals surface area (Å²) in [6.45, 7) is 1.45.